The minimum Gasteiger partial charge on any atom is -0.366 e. The normalized spacial score (nSPS) is 21.8. The van der Waals surface area contributed by atoms with Crippen LogP contribution in [0.1, 0.15) is 36.1 Å². The second kappa shape index (κ2) is 4.60. The highest BCUT2D eigenvalue weighted by Crippen LogP contribution is 2.39. The maximum absolute atomic E-state index is 4.51. The second-order valence-electron chi connectivity index (χ2n) is 5.39. The van der Waals surface area contributed by atoms with E-state index in [1.54, 1.807) is 6.33 Å². The van der Waals surface area contributed by atoms with Gasteiger partial charge in [-0.3, -0.25) is 0 Å². The number of aromatic nitrogens is 2. The van der Waals surface area contributed by atoms with Gasteiger partial charge in [0.15, 0.2) is 0 Å². The zero-order chi connectivity index (χ0) is 12.7. The largest absolute Gasteiger partial charge is 0.366 e. The molecule has 2 aromatic heterocycles. The topological polar surface area (TPSA) is 37.8 Å². The number of thiophene rings is 1. The van der Waals surface area contributed by atoms with Crippen molar-refractivity contribution in [2.75, 3.05) is 5.32 Å². The van der Waals surface area contributed by atoms with Crippen molar-refractivity contribution >= 4 is 27.4 Å². The molecule has 1 atom stereocenters. The number of aryl methyl sites for hydroxylation is 2. The summed E-state index contributed by atoms with van der Waals surface area (Å²) >= 11 is 1.86. The molecule has 0 saturated carbocycles. The van der Waals surface area contributed by atoms with Crippen molar-refractivity contribution < 1.29 is 0 Å². The van der Waals surface area contributed by atoms with Crippen LogP contribution in [0.25, 0.3) is 10.2 Å². The molecule has 0 fully saturated rings. The van der Waals surface area contributed by atoms with Crippen LogP contribution >= 0.6 is 11.3 Å². The monoisotopic (exact) mass is 271 g/mol. The molecule has 0 bridgehead atoms. The first-order valence-corrected chi connectivity index (χ1v) is 7.90. The molecule has 0 aliphatic heterocycles. The van der Waals surface area contributed by atoms with Gasteiger partial charge in [-0.1, -0.05) is 12.2 Å². The van der Waals surface area contributed by atoms with Crippen LogP contribution in [0.3, 0.4) is 0 Å². The highest BCUT2D eigenvalue weighted by Gasteiger charge is 2.22. The van der Waals surface area contributed by atoms with Gasteiger partial charge in [-0.15, -0.1) is 11.3 Å². The molecule has 4 rings (SSSR count). The summed E-state index contributed by atoms with van der Waals surface area (Å²) in [6.07, 6.45) is 13.4. The first-order chi connectivity index (χ1) is 9.42. The third-order valence-electron chi connectivity index (χ3n) is 4.11. The molecule has 1 unspecified atom stereocenters. The molecule has 0 aromatic carbocycles. The number of hydrogen-bond acceptors (Lipinski definition) is 4. The lowest BCUT2D eigenvalue weighted by Gasteiger charge is -2.20. The highest BCUT2D eigenvalue weighted by atomic mass is 32.1. The van der Waals surface area contributed by atoms with Crippen molar-refractivity contribution in [3.05, 3.63) is 28.9 Å². The molecular weight excluding hydrogens is 254 g/mol. The number of nitrogens with one attached hydrogen (secondary N) is 1. The third kappa shape index (κ3) is 1.94. The van der Waals surface area contributed by atoms with E-state index in [9.17, 15) is 0 Å². The van der Waals surface area contributed by atoms with E-state index in [0.29, 0.717) is 6.04 Å². The van der Waals surface area contributed by atoms with E-state index in [-0.39, 0.29) is 0 Å². The van der Waals surface area contributed by atoms with Gasteiger partial charge in [0.2, 0.25) is 0 Å². The van der Waals surface area contributed by atoms with Crippen molar-refractivity contribution in [1.29, 1.82) is 0 Å². The Morgan fingerprint density at radius 3 is 3.11 bits per heavy atom. The first kappa shape index (κ1) is 11.4. The zero-order valence-corrected chi connectivity index (χ0v) is 11.7. The van der Waals surface area contributed by atoms with Crippen molar-refractivity contribution in [1.82, 2.24) is 9.97 Å². The lowest BCUT2D eigenvalue weighted by Crippen LogP contribution is -2.21. The molecule has 2 aliphatic rings. The van der Waals surface area contributed by atoms with E-state index in [1.165, 1.54) is 47.9 Å². The van der Waals surface area contributed by atoms with Crippen LogP contribution in [-0.2, 0) is 12.8 Å². The average Bonchev–Trinajstić information content (AvgIpc) is 3.00. The molecule has 0 amide bonds. The van der Waals surface area contributed by atoms with Gasteiger partial charge in [-0.2, -0.15) is 0 Å². The molecule has 2 aromatic rings. The summed E-state index contributed by atoms with van der Waals surface area (Å²) in [5.74, 6) is 1.06. The Hall–Kier alpha value is -1.42. The summed E-state index contributed by atoms with van der Waals surface area (Å²) < 4.78 is 0. The summed E-state index contributed by atoms with van der Waals surface area (Å²) in [5.41, 5.74) is 1.51. The van der Waals surface area contributed by atoms with Crippen LogP contribution in [0.5, 0.6) is 0 Å². The number of allylic oxidation sites excluding steroid dienone is 1. The summed E-state index contributed by atoms with van der Waals surface area (Å²) in [7, 11) is 0. The van der Waals surface area contributed by atoms with E-state index in [4.69, 9.17) is 0 Å². The van der Waals surface area contributed by atoms with Gasteiger partial charge in [-0.05, 0) is 44.1 Å². The molecule has 4 heteroatoms. The van der Waals surface area contributed by atoms with E-state index >= 15 is 0 Å². The predicted octanol–water partition coefficient (Wildman–Crippen LogP) is 3.70. The van der Waals surface area contributed by atoms with Crippen molar-refractivity contribution in [3.63, 3.8) is 0 Å². The van der Waals surface area contributed by atoms with Crippen LogP contribution in [-0.4, -0.2) is 16.0 Å². The predicted molar refractivity (Wildman–Crippen MR) is 79.8 cm³/mol. The standard InChI is InChI=1S/C15H17N3S/c1-2-5-10(6-3-1)18-14-13-11-7-4-8-12(11)19-15(13)17-9-16-14/h1-2,9-10H,3-8H2,(H,16,17,18). The first-order valence-electron chi connectivity index (χ1n) is 7.08. The van der Waals surface area contributed by atoms with E-state index in [1.807, 2.05) is 11.3 Å². The molecule has 0 saturated heterocycles. The minimum absolute atomic E-state index is 0.528. The van der Waals surface area contributed by atoms with Gasteiger partial charge in [-0.25, -0.2) is 9.97 Å². The Kier molecular flexibility index (Phi) is 2.76. The number of hydrogen-bond donors (Lipinski definition) is 1. The third-order valence-corrected chi connectivity index (χ3v) is 5.31. The van der Waals surface area contributed by atoms with E-state index in [0.717, 1.165) is 17.1 Å². The van der Waals surface area contributed by atoms with Gasteiger partial charge in [0.05, 0.1) is 5.39 Å². The number of rotatable bonds is 2. The zero-order valence-electron chi connectivity index (χ0n) is 10.9. The highest BCUT2D eigenvalue weighted by molar-refractivity contribution is 7.19. The fourth-order valence-electron chi connectivity index (χ4n) is 3.16. The quantitative estimate of drug-likeness (QED) is 0.846. The summed E-state index contributed by atoms with van der Waals surface area (Å²) in [6, 6.07) is 0.528. The summed E-state index contributed by atoms with van der Waals surface area (Å²) in [5, 5.41) is 4.94. The molecule has 2 heterocycles. The SMILES string of the molecule is C1=CCC(Nc2ncnc3sc4c(c23)CCC4)CC1. The van der Waals surface area contributed by atoms with Crippen LogP contribution < -0.4 is 5.32 Å². The molecule has 3 nitrogen and oxygen atoms in total. The Morgan fingerprint density at radius 1 is 1.21 bits per heavy atom. The fourth-order valence-corrected chi connectivity index (χ4v) is 4.38. The Labute approximate surface area is 116 Å². The maximum Gasteiger partial charge on any atom is 0.138 e. The summed E-state index contributed by atoms with van der Waals surface area (Å²) in [6.45, 7) is 0. The lowest BCUT2D eigenvalue weighted by molar-refractivity contribution is 0.643. The minimum atomic E-state index is 0.528. The molecule has 1 N–H and O–H groups in total. The lowest BCUT2D eigenvalue weighted by atomic mass is 10.0. The Bertz CT molecular complexity index is 644. The maximum atomic E-state index is 4.51. The number of anilines is 1. The Balaban J connectivity index is 1.74. The van der Waals surface area contributed by atoms with Crippen LogP contribution in [0.4, 0.5) is 5.82 Å². The molecule has 0 spiro atoms. The number of nitrogens with zero attached hydrogens (tertiary/aromatic N) is 2. The van der Waals surface area contributed by atoms with Crippen molar-refractivity contribution in [2.24, 2.45) is 0 Å². The van der Waals surface area contributed by atoms with Gasteiger partial charge in [0.25, 0.3) is 0 Å². The number of fused-ring (bicyclic) bond motifs is 3. The smallest absolute Gasteiger partial charge is 0.138 e. The molecule has 2 aliphatic carbocycles. The molecule has 98 valence electrons. The van der Waals surface area contributed by atoms with Gasteiger partial charge < -0.3 is 5.32 Å². The van der Waals surface area contributed by atoms with Gasteiger partial charge in [0.1, 0.15) is 17.0 Å². The van der Waals surface area contributed by atoms with Crippen LogP contribution in [0.15, 0.2) is 18.5 Å². The van der Waals surface area contributed by atoms with E-state index in [2.05, 4.69) is 27.4 Å². The Morgan fingerprint density at radius 2 is 2.21 bits per heavy atom. The van der Waals surface area contributed by atoms with Crippen LogP contribution in [0, 0.1) is 0 Å². The molecule has 0 radical (unpaired) electrons. The van der Waals surface area contributed by atoms with Crippen molar-refractivity contribution in [3.8, 4) is 0 Å². The second-order valence-corrected chi connectivity index (χ2v) is 6.47. The molecule has 19 heavy (non-hydrogen) atoms. The van der Waals surface area contributed by atoms with E-state index < -0.39 is 0 Å². The van der Waals surface area contributed by atoms with Gasteiger partial charge in [0, 0.05) is 10.9 Å². The van der Waals surface area contributed by atoms with Crippen molar-refractivity contribution in [2.45, 2.75) is 44.6 Å². The molecular formula is C15H17N3S. The average molecular weight is 271 g/mol. The fraction of sp³-hybridized carbons (Fsp3) is 0.467. The van der Waals surface area contributed by atoms with Gasteiger partial charge >= 0.3 is 0 Å². The van der Waals surface area contributed by atoms with Crippen LogP contribution in [0.2, 0.25) is 0 Å². The summed E-state index contributed by atoms with van der Waals surface area (Å²) in [4.78, 5) is 11.7.